The quantitative estimate of drug-likeness (QED) is 0.415. The Kier molecular flexibility index (Phi) is 6.95. The maximum Gasteiger partial charge on any atom is 0.416 e. The molecule has 0 fully saturated rings. The highest BCUT2D eigenvalue weighted by Gasteiger charge is 2.39. The van der Waals surface area contributed by atoms with Gasteiger partial charge in [0, 0.05) is 12.0 Å². The fourth-order valence-electron chi connectivity index (χ4n) is 4.22. The molecule has 2 aromatic heterocycles. The summed E-state index contributed by atoms with van der Waals surface area (Å²) in [4.78, 5) is 17.7. The fraction of sp³-hybridized carbons (Fsp3) is 0.308. The lowest BCUT2D eigenvalue weighted by molar-refractivity contribution is -0.207. The molecule has 0 aliphatic carbocycles. The summed E-state index contributed by atoms with van der Waals surface area (Å²) in [5.74, 6) is 0.274. The molecule has 1 N–H and O–H groups in total. The first-order valence-electron chi connectivity index (χ1n) is 11.4. The van der Waals surface area contributed by atoms with Crippen molar-refractivity contribution in [2.75, 3.05) is 0 Å². The predicted octanol–water partition coefficient (Wildman–Crippen LogP) is 4.20. The molecule has 0 saturated heterocycles. The third-order valence-corrected chi connectivity index (χ3v) is 5.96. The minimum Gasteiger partial charge on any atom is -0.382 e. The summed E-state index contributed by atoms with van der Waals surface area (Å²) in [6.07, 6.45) is -6.30. The van der Waals surface area contributed by atoms with Gasteiger partial charge in [0.05, 0.1) is 23.9 Å². The summed E-state index contributed by atoms with van der Waals surface area (Å²) < 4.78 is 41.6. The van der Waals surface area contributed by atoms with Crippen molar-refractivity contribution in [3.05, 3.63) is 87.1 Å². The highest BCUT2D eigenvalue weighted by molar-refractivity contribution is 5.70. The van der Waals surface area contributed by atoms with Crippen molar-refractivity contribution in [3.8, 4) is 17.2 Å². The van der Waals surface area contributed by atoms with Crippen molar-refractivity contribution in [3.63, 3.8) is 0 Å². The molecule has 4 rings (SSSR count). The van der Waals surface area contributed by atoms with Gasteiger partial charge in [0.25, 0.3) is 5.56 Å². The summed E-state index contributed by atoms with van der Waals surface area (Å²) in [7, 11) is 0. The summed E-state index contributed by atoms with van der Waals surface area (Å²) in [5, 5.41) is 23.4. The Balaban J connectivity index is 1.80. The number of aromatic nitrogens is 4. The van der Waals surface area contributed by atoms with Crippen LogP contribution in [0.3, 0.4) is 0 Å². The first kappa shape index (κ1) is 25.1. The van der Waals surface area contributed by atoms with Gasteiger partial charge in [0.1, 0.15) is 5.82 Å². The van der Waals surface area contributed by atoms with Gasteiger partial charge >= 0.3 is 6.18 Å². The van der Waals surface area contributed by atoms with Crippen molar-refractivity contribution in [2.45, 2.75) is 51.9 Å². The predicted molar refractivity (Wildman–Crippen MR) is 127 cm³/mol. The third-order valence-electron chi connectivity index (χ3n) is 5.96. The van der Waals surface area contributed by atoms with Crippen LogP contribution in [0.15, 0.2) is 53.3 Å². The van der Waals surface area contributed by atoms with Gasteiger partial charge in [-0.3, -0.25) is 9.36 Å². The van der Waals surface area contributed by atoms with Gasteiger partial charge in [-0.25, -0.2) is 4.52 Å². The average Bonchev–Trinajstić information content (AvgIpc) is 3.24. The molecule has 0 amide bonds. The molecule has 186 valence electrons. The van der Waals surface area contributed by atoms with E-state index >= 15 is 0 Å². The molecule has 2 heterocycles. The molecule has 1 unspecified atom stereocenters. The van der Waals surface area contributed by atoms with Crippen LogP contribution < -0.4 is 5.56 Å². The van der Waals surface area contributed by atoms with Crippen LogP contribution in [0, 0.1) is 18.3 Å². The number of aliphatic hydroxyl groups excluding tert-OH is 1. The Morgan fingerprint density at radius 3 is 2.47 bits per heavy atom. The summed E-state index contributed by atoms with van der Waals surface area (Å²) in [5.41, 5.74) is 3.15. The number of nitriles is 1. The van der Waals surface area contributed by atoms with Crippen molar-refractivity contribution in [1.29, 1.82) is 5.26 Å². The van der Waals surface area contributed by atoms with Crippen molar-refractivity contribution in [2.24, 2.45) is 0 Å². The summed E-state index contributed by atoms with van der Waals surface area (Å²) >= 11 is 0. The SMILES string of the molecule is CCCc1c(Cc2ccc(-c3ccccc3C#N)cc2)c(=O)n(CC(O)C(F)(F)F)c2nc(C)nn12. The van der Waals surface area contributed by atoms with Crippen LogP contribution in [0.2, 0.25) is 0 Å². The molecular formula is C26H24F3N5O2. The number of halogens is 3. The van der Waals surface area contributed by atoms with E-state index in [1.54, 1.807) is 19.1 Å². The Morgan fingerprint density at radius 2 is 1.83 bits per heavy atom. The van der Waals surface area contributed by atoms with Crippen LogP contribution in [0.1, 0.15) is 41.6 Å². The van der Waals surface area contributed by atoms with Gasteiger partial charge in [-0.05, 0) is 36.1 Å². The zero-order chi connectivity index (χ0) is 26.0. The van der Waals surface area contributed by atoms with Crippen LogP contribution in [0.25, 0.3) is 16.9 Å². The Morgan fingerprint density at radius 1 is 1.14 bits per heavy atom. The lowest BCUT2D eigenvalue weighted by Gasteiger charge is -2.19. The normalized spacial score (nSPS) is 12.6. The zero-order valence-electron chi connectivity index (χ0n) is 19.8. The minimum absolute atomic E-state index is 0.0311. The van der Waals surface area contributed by atoms with E-state index < -0.39 is 24.4 Å². The number of alkyl halides is 3. The molecule has 36 heavy (non-hydrogen) atoms. The lowest BCUT2D eigenvalue weighted by atomic mass is 9.97. The van der Waals surface area contributed by atoms with Crippen molar-refractivity contribution < 1.29 is 18.3 Å². The second-order valence-corrected chi connectivity index (χ2v) is 8.55. The van der Waals surface area contributed by atoms with Crippen LogP contribution >= 0.6 is 0 Å². The largest absolute Gasteiger partial charge is 0.416 e. The van der Waals surface area contributed by atoms with Crippen LogP contribution in [-0.2, 0) is 19.4 Å². The molecule has 10 heteroatoms. The van der Waals surface area contributed by atoms with E-state index in [9.17, 15) is 28.3 Å². The van der Waals surface area contributed by atoms with Crippen LogP contribution in [0.4, 0.5) is 13.2 Å². The van der Waals surface area contributed by atoms with E-state index in [1.165, 1.54) is 4.52 Å². The number of aryl methyl sites for hydroxylation is 2. The Bertz CT molecular complexity index is 1500. The third kappa shape index (κ3) is 4.88. The summed E-state index contributed by atoms with van der Waals surface area (Å²) in [6.45, 7) is 2.54. The number of benzene rings is 2. The van der Waals surface area contributed by atoms with Gasteiger partial charge in [0.2, 0.25) is 5.78 Å². The zero-order valence-corrected chi connectivity index (χ0v) is 19.8. The van der Waals surface area contributed by atoms with E-state index in [0.29, 0.717) is 35.5 Å². The highest BCUT2D eigenvalue weighted by atomic mass is 19.4. The second-order valence-electron chi connectivity index (χ2n) is 8.55. The lowest BCUT2D eigenvalue weighted by Crippen LogP contribution is -2.39. The van der Waals surface area contributed by atoms with Crippen molar-refractivity contribution >= 4 is 5.78 Å². The topological polar surface area (TPSA) is 96.2 Å². The van der Waals surface area contributed by atoms with Gasteiger partial charge in [0.15, 0.2) is 6.10 Å². The molecule has 2 aromatic carbocycles. The molecule has 1 atom stereocenters. The average molecular weight is 496 g/mol. The first-order chi connectivity index (χ1) is 17.1. The van der Waals surface area contributed by atoms with E-state index in [4.69, 9.17) is 0 Å². The molecule has 0 aliphatic rings. The Labute approximate surface area is 205 Å². The number of nitrogens with zero attached hydrogens (tertiary/aromatic N) is 5. The Hall–Kier alpha value is -3.97. The molecule has 7 nitrogen and oxygen atoms in total. The van der Waals surface area contributed by atoms with Crippen LogP contribution in [-0.4, -0.2) is 36.6 Å². The molecule has 0 bridgehead atoms. The number of aliphatic hydroxyl groups is 1. The van der Waals surface area contributed by atoms with E-state index in [0.717, 1.165) is 21.3 Å². The molecule has 4 aromatic rings. The number of hydrogen-bond donors (Lipinski definition) is 1. The molecule has 0 aliphatic heterocycles. The smallest absolute Gasteiger partial charge is 0.382 e. The van der Waals surface area contributed by atoms with E-state index in [2.05, 4.69) is 16.2 Å². The monoisotopic (exact) mass is 495 g/mol. The summed E-state index contributed by atoms with van der Waals surface area (Å²) in [6, 6.07) is 16.7. The highest BCUT2D eigenvalue weighted by Crippen LogP contribution is 2.25. The van der Waals surface area contributed by atoms with Gasteiger partial charge < -0.3 is 5.11 Å². The standard InChI is InChI=1S/C26H24F3N5O2/c1-3-6-22-21(13-17-9-11-18(12-10-17)20-8-5-4-7-19(20)14-30)24(36)33(15-23(35)26(27,28)29)25-31-16(2)32-34(22)25/h4-5,7-12,23,35H,3,6,13,15H2,1-2H3. The van der Waals surface area contributed by atoms with Gasteiger partial charge in [-0.1, -0.05) is 55.8 Å². The van der Waals surface area contributed by atoms with Crippen LogP contribution in [0.5, 0.6) is 0 Å². The maximum atomic E-state index is 13.5. The second kappa shape index (κ2) is 9.95. The molecular weight excluding hydrogens is 471 g/mol. The molecule has 0 spiro atoms. The maximum absolute atomic E-state index is 13.5. The first-order valence-corrected chi connectivity index (χ1v) is 11.4. The van der Waals surface area contributed by atoms with Gasteiger partial charge in [-0.2, -0.15) is 28.5 Å². The molecule has 0 radical (unpaired) electrons. The van der Waals surface area contributed by atoms with E-state index in [-0.39, 0.29) is 12.2 Å². The van der Waals surface area contributed by atoms with Gasteiger partial charge in [-0.15, -0.1) is 0 Å². The fourth-order valence-corrected chi connectivity index (χ4v) is 4.22. The van der Waals surface area contributed by atoms with E-state index in [1.807, 2.05) is 43.3 Å². The molecule has 0 saturated carbocycles. The minimum atomic E-state index is -4.89. The number of fused-ring (bicyclic) bond motifs is 1. The van der Waals surface area contributed by atoms with Crippen molar-refractivity contribution in [1.82, 2.24) is 19.2 Å². The number of hydrogen-bond acceptors (Lipinski definition) is 5. The number of rotatable bonds is 7.